The van der Waals surface area contributed by atoms with Crippen LogP contribution in [-0.4, -0.2) is 31.0 Å². The average molecular weight is 466 g/mol. The van der Waals surface area contributed by atoms with Crippen LogP contribution in [0.25, 0.3) is 0 Å². The van der Waals surface area contributed by atoms with Gasteiger partial charge in [0.25, 0.3) is 0 Å². The van der Waals surface area contributed by atoms with Crippen molar-refractivity contribution in [2.75, 3.05) is 16.4 Å². The van der Waals surface area contributed by atoms with Gasteiger partial charge in [-0.2, -0.15) is 0 Å². The van der Waals surface area contributed by atoms with Crippen molar-refractivity contribution < 1.29 is 18.0 Å². The number of pyridine rings is 1. The number of sulfone groups is 1. The smallest absolute Gasteiger partial charge is 0.235 e. The van der Waals surface area contributed by atoms with Gasteiger partial charge < -0.3 is 10.6 Å². The molecule has 172 valence electrons. The average Bonchev–Trinajstić information content (AvgIpc) is 2.80. The summed E-state index contributed by atoms with van der Waals surface area (Å²) in [6.45, 7) is 5.23. The lowest BCUT2D eigenvalue weighted by molar-refractivity contribution is -0.120. The van der Waals surface area contributed by atoms with Gasteiger partial charge in [-0.05, 0) is 61.4 Å². The van der Waals surface area contributed by atoms with Crippen LogP contribution in [0.1, 0.15) is 31.9 Å². The van der Waals surface area contributed by atoms with Gasteiger partial charge in [0.15, 0.2) is 9.84 Å². The van der Waals surface area contributed by atoms with Gasteiger partial charge in [-0.25, -0.2) is 13.4 Å². The quantitative estimate of drug-likeness (QED) is 0.524. The Hall–Kier alpha value is -3.52. The van der Waals surface area contributed by atoms with E-state index in [1.54, 1.807) is 67.7 Å². The normalized spacial score (nSPS) is 11.6. The molecule has 1 heterocycles. The molecule has 0 saturated carbocycles. The third kappa shape index (κ3) is 6.04. The van der Waals surface area contributed by atoms with Crippen molar-refractivity contribution in [2.45, 2.75) is 37.5 Å². The highest BCUT2D eigenvalue weighted by molar-refractivity contribution is 7.91. The summed E-state index contributed by atoms with van der Waals surface area (Å²) < 4.78 is 23.8. The molecule has 0 bridgehead atoms. The van der Waals surface area contributed by atoms with Gasteiger partial charge in [-0.1, -0.05) is 37.3 Å². The third-order valence-corrected chi connectivity index (χ3v) is 7.14. The van der Waals surface area contributed by atoms with Crippen LogP contribution in [-0.2, 0) is 31.3 Å². The van der Waals surface area contributed by atoms with Gasteiger partial charge >= 0.3 is 0 Å². The van der Waals surface area contributed by atoms with Crippen LogP contribution < -0.4 is 10.6 Å². The van der Waals surface area contributed by atoms with Gasteiger partial charge in [0.2, 0.25) is 11.8 Å². The molecule has 0 aliphatic rings. The zero-order valence-electron chi connectivity index (χ0n) is 18.8. The van der Waals surface area contributed by atoms with E-state index in [2.05, 4.69) is 15.6 Å². The predicted octanol–water partition coefficient (Wildman–Crippen LogP) is 3.97. The first kappa shape index (κ1) is 24.1. The maximum atomic E-state index is 12.7. The Kier molecular flexibility index (Phi) is 7.28. The summed E-state index contributed by atoms with van der Waals surface area (Å²) in [5, 5.41) is 5.64. The van der Waals surface area contributed by atoms with Gasteiger partial charge in [0.05, 0.1) is 22.5 Å². The lowest BCUT2D eigenvalue weighted by atomic mass is 9.83. The number of benzene rings is 2. The number of hydrogen-bond donors (Lipinski definition) is 2. The summed E-state index contributed by atoms with van der Waals surface area (Å²) >= 11 is 0. The fourth-order valence-electron chi connectivity index (χ4n) is 3.18. The van der Waals surface area contributed by atoms with E-state index in [-0.39, 0.29) is 28.9 Å². The Balaban J connectivity index is 1.61. The number of carbonyl (C=O) groups is 2. The zero-order valence-corrected chi connectivity index (χ0v) is 19.6. The van der Waals surface area contributed by atoms with Crippen molar-refractivity contribution >= 4 is 33.2 Å². The second kappa shape index (κ2) is 9.95. The molecule has 0 aliphatic heterocycles. The van der Waals surface area contributed by atoms with Crippen LogP contribution >= 0.6 is 0 Å². The number of nitrogens with one attached hydrogen (secondary N) is 2. The Bertz CT molecular complexity index is 1220. The van der Waals surface area contributed by atoms with Crippen molar-refractivity contribution in [2.24, 2.45) is 0 Å². The van der Waals surface area contributed by atoms with E-state index in [1.807, 2.05) is 13.8 Å². The van der Waals surface area contributed by atoms with Crippen LogP contribution in [0, 0.1) is 0 Å². The van der Waals surface area contributed by atoms with Crippen LogP contribution in [0.2, 0.25) is 0 Å². The van der Waals surface area contributed by atoms with Crippen LogP contribution in [0.4, 0.5) is 11.5 Å². The minimum atomic E-state index is -3.26. The summed E-state index contributed by atoms with van der Waals surface area (Å²) in [5.74, 6) is 0.108. The van der Waals surface area contributed by atoms with Crippen molar-refractivity contribution in [1.82, 2.24) is 4.98 Å². The maximum absolute atomic E-state index is 12.7. The van der Waals surface area contributed by atoms with E-state index in [0.717, 1.165) is 5.56 Å². The molecule has 2 aromatic carbocycles. The lowest BCUT2D eigenvalue weighted by Crippen LogP contribution is -2.35. The van der Waals surface area contributed by atoms with Crippen molar-refractivity contribution in [3.05, 3.63) is 84.1 Å². The van der Waals surface area contributed by atoms with Crippen LogP contribution in [0.5, 0.6) is 0 Å². The molecule has 0 saturated heterocycles. The van der Waals surface area contributed by atoms with Crippen LogP contribution in [0.15, 0.2) is 77.8 Å². The van der Waals surface area contributed by atoms with E-state index in [0.29, 0.717) is 17.1 Å². The second-order valence-corrected chi connectivity index (χ2v) is 10.4. The molecule has 2 N–H and O–H groups in total. The molecule has 2 amide bonds. The monoisotopic (exact) mass is 465 g/mol. The number of anilines is 2. The molecular weight excluding hydrogens is 438 g/mol. The molecule has 1 aromatic heterocycles. The molecule has 0 fully saturated rings. The lowest BCUT2D eigenvalue weighted by Gasteiger charge is -2.24. The maximum Gasteiger partial charge on any atom is 0.235 e. The largest absolute Gasteiger partial charge is 0.326 e. The number of nitrogens with zero attached hydrogens (tertiary/aromatic N) is 1. The molecule has 0 radical (unpaired) electrons. The van der Waals surface area contributed by atoms with Gasteiger partial charge in [-0.3, -0.25) is 9.59 Å². The van der Waals surface area contributed by atoms with E-state index in [4.69, 9.17) is 0 Å². The molecule has 7 nitrogen and oxygen atoms in total. The van der Waals surface area contributed by atoms with E-state index < -0.39 is 15.3 Å². The number of carbonyl (C=O) groups excluding carboxylic acids is 2. The molecule has 33 heavy (non-hydrogen) atoms. The van der Waals surface area contributed by atoms with Crippen molar-refractivity contribution in [3.8, 4) is 0 Å². The highest BCUT2D eigenvalue weighted by Gasteiger charge is 2.30. The molecule has 0 unspecified atom stereocenters. The summed E-state index contributed by atoms with van der Waals surface area (Å²) in [6, 6.07) is 18.7. The Morgan fingerprint density at radius 3 is 2.15 bits per heavy atom. The Morgan fingerprint density at radius 1 is 0.909 bits per heavy atom. The third-order valence-electron chi connectivity index (χ3n) is 5.39. The number of rotatable bonds is 8. The Labute approximate surface area is 194 Å². The first-order chi connectivity index (χ1) is 15.6. The molecule has 8 heteroatoms. The van der Waals surface area contributed by atoms with Gasteiger partial charge in [-0.15, -0.1) is 0 Å². The number of hydrogen-bond acceptors (Lipinski definition) is 5. The predicted molar refractivity (Wildman–Crippen MR) is 129 cm³/mol. The molecule has 0 aliphatic carbocycles. The second-order valence-electron chi connectivity index (χ2n) is 8.14. The topological polar surface area (TPSA) is 105 Å². The number of aromatic nitrogens is 1. The summed E-state index contributed by atoms with van der Waals surface area (Å²) in [4.78, 5) is 29.5. The highest BCUT2D eigenvalue weighted by Crippen LogP contribution is 2.26. The summed E-state index contributed by atoms with van der Waals surface area (Å²) in [7, 11) is -3.26. The minimum absolute atomic E-state index is 0.0322. The van der Waals surface area contributed by atoms with E-state index in [1.165, 1.54) is 12.1 Å². The van der Waals surface area contributed by atoms with E-state index >= 15 is 0 Å². The van der Waals surface area contributed by atoms with Crippen molar-refractivity contribution in [3.63, 3.8) is 0 Å². The SMILES string of the molecule is CCS(=O)(=O)c1ccc(CC(=O)Nc2ccc(C(C)(C)C(=O)Nc3ccccn3)cc2)cc1. The van der Waals surface area contributed by atoms with Gasteiger partial charge in [0, 0.05) is 11.9 Å². The minimum Gasteiger partial charge on any atom is -0.326 e. The first-order valence-electron chi connectivity index (χ1n) is 10.6. The molecule has 0 spiro atoms. The first-order valence-corrected chi connectivity index (χ1v) is 12.2. The van der Waals surface area contributed by atoms with Crippen molar-refractivity contribution in [1.29, 1.82) is 0 Å². The summed E-state index contributed by atoms with van der Waals surface area (Å²) in [6.07, 6.45) is 1.73. The molecule has 3 aromatic rings. The van der Waals surface area contributed by atoms with E-state index in [9.17, 15) is 18.0 Å². The number of amides is 2. The zero-order chi connectivity index (χ0) is 24.1. The fraction of sp³-hybridized carbons (Fsp3) is 0.240. The fourth-order valence-corrected chi connectivity index (χ4v) is 4.07. The Morgan fingerprint density at radius 2 is 1.58 bits per heavy atom. The summed E-state index contributed by atoms with van der Waals surface area (Å²) in [5.41, 5.74) is 1.31. The standard InChI is InChI=1S/C25H27N3O4S/c1-4-33(31,32)21-14-8-18(9-15-21)17-23(29)27-20-12-10-19(11-13-20)25(2,3)24(30)28-22-7-5-6-16-26-22/h5-16H,4,17H2,1-3H3,(H,27,29)(H,26,28,30). The highest BCUT2D eigenvalue weighted by atomic mass is 32.2. The van der Waals surface area contributed by atoms with Gasteiger partial charge in [0.1, 0.15) is 5.82 Å². The van der Waals surface area contributed by atoms with Crippen LogP contribution in [0.3, 0.4) is 0 Å². The molecular formula is C25H27N3O4S. The molecule has 3 rings (SSSR count). The molecule has 0 atom stereocenters.